The molecule has 0 saturated heterocycles. The minimum atomic E-state index is -0.443. The monoisotopic (exact) mass is 215 g/mol. The quantitative estimate of drug-likeness (QED) is 0.547. The van der Waals surface area contributed by atoms with Crippen LogP contribution in [0.5, 0.6) is 0 Å². The van der Waals surface area contributed by atoms with Crippen molar-refractivity contribution in [3.05, 3.63) is 35.9 Å². The van der Waals surface area contributed by atoms with Crippen LogP contribution in [0.4, 0.5) is 4.39 Å². The molecular weight excluding hydrogens is 209 g/mol. The first-order valence-corrected chi connectivity index (χ1v) is 4.30. The van der Waals surface area contributed by atoms with Gasteiger partial charge in [-0.2, -0.15) is 4.39 Å². The van der Waals surface area contributed by atoms with Gasteiger partial charge in [0.2, 0.25) is 5.95 Å². The van der Waals surface area contributed by atoms with Crippen LogP contribution in [0, 0.1) is 5.95 Å². The fourth-order valence-electron chi connectivity index (χ4n) is 0.682. The van der Waals surface area contributed by atoms with Crippen molar-refractivity contribution in [2.24, 2.45) is 0 Å². The highest BCUT2D eigenvalue weighted by Gasteiger charge is 1.89. The molecule has 1 aromatic rings. The van der Waals surface area contributed by atoms with E-state index in [1.165, 1.54) is 6.07 Å². The summed E-state index contributed by atoms with van der Waals surface area (Å²) in [6, 6.07) is 4.71. The van der Waals surface area contributed by atoms with Crippen molar-refractivity contribution < 1.29 is 4.39 Å². The van der Waals surface area contributed by atoms with Crippen LogP contribution in [0.3, 0.4) is 0 Å². The molecule has 1 nitrogen and oxygen atoms in total. The molecule has 0 spiro atoms. The number of rotatable bonds is 2. The SMILES string of the molecule is Fc1cccc(C=CCBr)n1. The number of aromatic nitrogens is 1. The Kier molecular flexibility index (Phi) is 3.23. The van der Waals surface area contributed by atoms with Crippen molar-refractivity contribution in [1.29, 1.82) is 0 Å². The number of alkyl halides is 1. The van der Waals surface area contributed by atoms with Gasteiger partial charge in [0.05, 0.1) is 5.69 Å². The molecule has 0 aliphatic rings. The Hall–Kier alpha value is -0.700. The summed E-state index contributed by atoms with van der Waals surface area (Å²) in [5.41, 5.74) is 0.643. The second-order valence-corrected chi connectivity index (χ2v) is 2.59. The van der Waals surface area contributed by atoms with Crippen LogP contribution in [0.2, 0.25) is 0 Å². The van der Waals surface area contributed by atoms with Crippen LogP contribution < -0.4 is 0 Å². The Morgan fingerprint density at radius 2 is 2.36 bits per heavy atom. The van der Waals surface area contributed by atoms with E-state index in [0.29, 0.717) is 5.69 Å². The fraction of sp³-hybridized carbons (Fsp3) is 0.125. The summed E-state index contributed by atoms with van der Waals surface area (Å²) in [5, 5.41) is 0.755. The minimum absolute atomic E-state index is 0.443. The van der Waals surface area contributed by atoms with Gasteiger partial charge in [0, 0.05) is 5.33 Å². The average Bonchev–Trinajstić information content (AvgIpc) is 2.01. The number of hydrogen-bond donors (Lipinski definition) is 0. The van der Waals surface area contributed by atoms with Crippen molar-refractivity contribution in [2.45, 2.75) is 0 Å². The summed E-state index contributed by atoms with van der Waals surface area (Å²) < 4.78 is 12.4. The first-order valence-electron chi connectivity index (χ1n) is 3.18. The Balaban J connectivity index is 2.79. The van der Waals surface area contributed by atoms with E-state index in [9.17, 15) is 4.39 Å². The zero-order chi connectivity index (χ0) is 8.10. The van der Waals surface area contributed by atoms with Crippen molar-refractivity contribution >= 4 is 22.0 Å². The summed E-state index contributed by atoms with van der Waals surface area (Å²) in [5.74, 6) is -0.443. The fourth-order valence-corrected chi connectivity index (χ4v) is 0.869. The largest absolute Gasteiger partial charge is 0.220 e. The lowest BCUT2D eigenvalue weighted by atomic mass is 10.3. The van der Waals surface area contributed by atoms with E-state index < -0.39 is 5.95 Å². The maximum atomic E-state index is 12.4. The summed E-state index contributed by atoms with van der Waals surface area (Å²) in [7, 11) is 0. The van der Waals surface area contributed by atoms with Gasteiger partial charge in [-0.1, -0.05) is 28.1 Å². The highest BCUT2D eigenvalue weighted by atomic mass is 79.9. The van der Waals surface area contributed by atoms with E-state index in [1.54, 1.807) is 18.2 Å². The van der Waals surface area contributed by atoms with Gasteiger partial charge in [-0.15, -0.1) is 0 Å². The number of hydrogen-bond acceptors (Lipinski definition) is 1. The molecule has 0 fully saturated rings. The molecule has 58 valence electrons. The molecule has 0 aliphatic heterocycles. The van der Waals surface area contributed by atoms with E-state index in [1.807, 2.05) is 6.08 Å². The Morgan fingerprint density at radius 1 is 1.55 bits per heavy atom. The van der Waals surface area contributed by atoms with Gasteiger partial charge in [-0.25, -0.2) is 4.98 Å². The van der Waals surface area contributed by atoms with E-state index >= 15 is 0 Å². The van der Waals surface area contributed by atoms with Crippen LogP contribution >= 0.6 is 15.9 Å². The molecule has 0 bridgehead atoms. The molecule has 1 aromatic heterocycles. The van der Waals surface area contributed by atoms with E-state index in [2.05, 4.69) is 20.9 Å². The van der Waals surface area contributed by atoms with E-state index in [-0.39, 0.29) is 0 Å². The zero-order valence-electron chi connectivity index (χ0n) is 5.80. The van der Waals surface area contributed by atoms with Crippen LogP contribution in [-0.4, -0.2) is 10.3 Å². The highest BCUT2D eigenvalue weighted by Crippen LogP contribution is 2.00. The second-order valence-electron chi connectivity index (χ2n) is 1.94. The van der Waals surface area contributed by atoms with Crippen LogP contribution in [0.15, 0.2) is 24.3 Å². The maximum absolute atomic E-state index is 12.4. The summed E-state index contributed by atoms with van der Waals surface area (Å²) in [6.07, 6.45) is 3.62. The van der Waals surface area contributed by atoms with E-state index in [0.717, 1.165) is 5.33 Å². The van der Waals surface area contributed by atoms with Gasteiger partial charge in [-0.3, -0.25) is 0 Å². The van der Waals surface area contributed by atoms with Crippen molar-refractivity contribution in [3.8, 4) is 0 Å². The van der Waals surface area contributed by atoms with Crippen LogP contribution in [0.25, 0.3) is 6.08 Å². The summed E-state index contributed by atoms with van der Waals surface area (Å²) in [4.78, 5) is 3.64. The summed E-state index contributed by atoms with van der Waals surface area (Å²) in [6.45, 7) is 0. The van der Waals surface area contributed by atoms with Gasteiger partial charge in [0.1, 0.15) is 0 Å². The number of pyridine rings is 1. The standard InChI is InChI=1S/C8H7BrFN/c9-6-2-4-7-3-1-5-8(10)11-7/h1-5H,6H2. The number of nitrogens with zero attached hydrogens (tertiary/aromatic N) is 1. The molecular formula is C8H7BrFN. The van der Waals surface area contributed by atoms with Gasteiger partial charge in [0.15, 0.2) is 0 Å². The first-order chi connectivity index (χ1) is 5.33. The molecule has 0 aliphatic carbocycles. The molecule has 0 radical (unpaired) electrons. The topological polar surface area (TPSA) is 12.9 Å². The summed E-state index contributed by atoms with van der Waals surface area (Å²) >= 11 is 3.22. The first kappa shape index (κ1) is 8.40. The molecule has 0 atom stereocenters. The minimum Gasteiger partial charge on any atom is -0.220 e. The lowest BCUT2D eigenvalue weighted by Crippen LogP contribution is -1.83. The smallest absolute Gasteiger partial charge is 0.213 e. The lowest BCUT2D eigenvalue weighted by Gasteiger charge is -1.90. The number of allylic oxidation sites excluding steroid dienone is 1. The highest BCUT2D eigenvalue weighted by molar-refractivity contribution is 9.09. The predicted octanol–water partition coefficient (Wildman–Crippen LogP) is 2.63. The van der Waals surface area contributed by atoms with Crippen molar-refractivity contribution in [1.82, 2.24) is 4.98 Å². The molecule has 0 N–H and O–H groups in total. The van der Waals surface area contributed by atoms with Crippen molar-refractivity contribution in [2.75, 3.05) is 5.33 Å². The van der Waals surface area contributed by atoms with Gasteiger partial charge < -0.3 is 0 Å². The normalized spacial score (nSPS) is 10.7. The molecule has 11 heavy (non-hydrogen) atoms. The molecule has 3 heteroatoms. The zero-order valence-corrected chi connectivity index (χ0v) is 7.38. The third kappa shape index (κ3) is 2.80. The molecule has 0 aromatic carbocycles. The third-order valence-electron chi connectivity index (χ3n) is 1.11. The predicted molar refractivity (Wildman–Crippen MR) is 47.0 cm³/mol. The lowest BCUT2D eigenvalue weighted by molar-refractivity contribution is 0.583. The van der Waals surface area contributed by atoms with Crippen LogP contribution in [0.1, 0.15) is 5.69 Å². The van der Waals surface area contributed by atoms with Crippen LogP contribution in [-0.2, 0) is 0 Å². The average molecular weight is 216 g/mol. The third-order valence-corrected chi connectivity index (χ3v) is 1.49. The Labute approximate surface area is 73.1 Å². The Bertz CT molecular complexity index is 260. The van der Waals surface area contributed by atoms with Gasteiger partial charge >= 0.3 is 0 Å². The molecule has 0 saturated carbocycles. The second kappa shape index (κ2) is 4.23. The van der Waals surface area contributed by atoms with Crippen molar-refractivity contribution in [3.63, 3.8) is 0 Å². The Morgan fingerprint density at radius 3 is 3.00 bits per heavy atom. The van der Waals surface area contributed by atoms with Gasteiger partial charge in [-0.05, 0) is 18.2 Å². The van der Waals surface area contributed by atoms with Gasteiger partial charge in [0.25, 0.3) is 0 Å². The van der Waals surface area contributed by atoms with E-state index in [4.69, 9.17) is 0 Å². The number of halogens is 2. The molecule has 0 amide bonds. The molecule has 1 rings (SSSR count). The molecule has 1 heterocycles. The maximum Gasteiger partial charge on any atom is 0.213 e. The molecule has 0 unspecified atom stereocenters.